The van der Waals surface area contributed by atoms with E-state index in [2.05, 4.69) is 0 Å². The summed E-state index contributed by atoms with van der Waals surface area (Å²) in [4.78, 5) is 11.6. The molecule has 0 aromatic carbocycles. The van der Waals surface area contributed by atoms with Crippen LogP contribution in [0.5, 0.6) is 0 Å². The van der Waals surface area contributed by atoms with Gasteiger partial charge in [-0.2, -0.15) is 8.42 Å². The van der Waals surface area contributed by atoms with Crippen molar-refractivity contribution in [2.24, 2.45) is 0 Å². The van der Waals surface area contributed by atoms with Gasteiger partial charge in [0, 0.05) is 17.2 Å². The van der Waals surface area contributed by atoms with Crippen LogP contribution < -0.4 is 0 Å². The fourth-order valence-electron chi connectivity index (χ4n) is 1.36. The van der Waals surface area contributed by atoms with Crippen LogP contribution in [0.3, 0.4) is 0 Å². The Morgan fingerprint density at radius 3 is 2.80 bits per heavy atom. The summed E-state index contributed by atoms with van der Waals surface area (Å²) < 4.78 is 31.2. The van der Waals surface area contributed by atoms with E-state index >= 15 is 0 Å². The van der Waals surface area contributed by atoms with Crippen molar-refractivity contribution >= 4 is 39.0 Å². The number of hydrogen-bond donors (Lipinski definition) is 1. The molecule has 0 radical (unpaired) electrons. The molecule has 1 atom stereocenters. The molecule has 0 bridgehead atoms. The molecule has 82 valence electrons. The number of fused-ring (bicyclic) bond motifs is 1. The fourth-order valence-corrected chi connectivity index (χ4v) is 4.95. The minimum absolute atomic E-state index is 0.0533. The first-order chi connectivity index (χ1) is 6.88. The maximum absolute atomic E-state index is 11.6. The first kappa shape index (κ1) is 11.1. The molecule has 1 aromatic rings. The summed E-state index contributed by atoms with van der Waals surface area (Å²) in [5.74, 6) is -0.0533. The van der Waals surface area contributed by atoms with Crippen LogP contribution in [0.2, 0.25) is 0 Å². The van der Waals surface area contributed by atoms with Gasteiger partial charge in [-0.3, -0.25) is 9.35 Å². The van der Waals surface area contributed by atoms with Gasteiger partial charge in [0.15, 0.2) is 5.78 Å². The van der Waals surface area contributed by atoms with Gasteiger partial charge in [0.05, 0.1) is 4.21 Å². The zero-order valence-corrected chi connectivity index (χ0v) is 10.2. The molecule has 0 spiro atoms. The molecule has 0 saturated carbocycles. The predicted molar refractivity (Wildman–Crippen MR) is 58.4 cm³/mol. The smallest absolute Gasteiger partial charge is 0.294 e. The van der Waals surface area contributed by atoms with Crippen molar-refractivity contribution < 1.29 is 17.8 Å². The van der Waals surface area contributed by atoms with E-state index in [0.717, 1.165) is 11.3 Å². The second-order valence-electron chi connectivity index (χ2n) is 3.30. The van der Waals surface area contributed by atoms with E-state index in [1.165, 1.54) is 17.8 Å². The van der Waals surface area contributed by atoms with E-state index in [1.54, 1.807) is 0 Å². The van der Waals surface area contributed by atoms with Gasteiger partial charge in [-0.15, -0.1) is 23.1 Å². The second-order valence-corrected chi connectivity index (χ2v) is 7.71. The molecular weight excluding hydrogens is 256 g/mol. The lowest BCUT2D eigenvalue weighted by Gasteiger charge is -2.15. The third kappa shape index (κ3) is 2.10. The minimum Gasteiger partial charge on any atom is -0.294 e. The Hall–Kier alpha value is -0.370. The summed E-state index contributed by atoms with van der Waals surface area (Å²) in [5.41, 5.74) is 0.427. The van der Waals surface area contributed by atoms with E-state index in [4.69, 9.17) is 4.55 Å². The quantitative estimate of drug-likeness (QED) is 0.786. The molecular formula is C8H8O4S3. The molecule has 2 rings (SSSR count). The van der Waals surface area contributed by atoms with Gasteiger partial charge in [0.2, 0.25) is 0 Å². The largest absolute Gasteiger partial charge is 0.304 e. The maximum atomic E-state index is 11.6. The van der Waals surface area contributed by atoms with Crippen molar-refractivity contribution in [3.05, 3.63) is 11.6 Å². The first-order valence-corrected chi connectivity index (χ1v) is 7.32. The minimum atomic E-state index is -4.18. The van der Waals surface area contributed by atoms with Gasteiger partial charge in [-0.1, -0.05) is 6.92 Å². The molecule has 0 aliphatic carbocycles. The molecule has 0 saturated heterocycles. The van der Waals surface area contributed by atoms with Gasteiger partial charge in [-0.25, -0.2) is 0 Å². The lowest BCUT2D eigenvalue weighted by Crippen LogP contribution is -2.12. The topological polar surface area (TPSA) is 71.4 Å². The zero-order chi connectivity index (χ0) is 11.2. The number of rotatable bonds is 1. The van der Waals surface area contributed by atoms with Crippen molar-refractivity contribution in [2.75, 3.05) is 0 Å². The third-order valence-electron chi connectivity index (χ3n) is 2.01. The summed E-state index contributed by atoms with van der Waals surface area (Å²) in [5, 5.41) is 0.165. The molecule has 1 aliphatic heterocycles. The Labute approximate surface area is 95.4 Å². The Bertz CT molecular complexity index is 514. The Morgan fingerprint density at radius 2 is 2.20 bits per heavy atom. The van der Waals surface area contributed by atoms with E-state index in [1.807, 2.05) is 6.92 Å². The molecule has 0 fully saturated rings. The van der Waals surface area contributed by atoms with Crippen LogP contribution in [0.15, 0.2) is 14.5 Å². The normalized spacial score (nSPS) is 21.5. The molecule has 2 heterocycles. The number of carbonyl (C=O) groups excluding carboxylic acids is 1. The molecule has 4 nitrogen and oxygen atoms in total. The number of hydrogen-bond acceptors (Lipinski definition) is 5. The average Bonchev–Trinajstić information content (AvgIpc) is 2.46. The molecule has 7 heteroatoms. The van der Waals surface area contributed by atoms with E-state index in [9.17, 15) is 13.2 Å². The Kier molecular flexibility index (Phi) is 2.66. The van der Waals surface area contributed by atoms with E-state index < -0.39 is 10.1 Å². The van der Waals surface area contributed by atoms with Crippen LogP contribution in [-0.2, 0) is 10.1 Å². The van der Waals surface area contributed by atoms with Crippen LogP contribution in [0.1, 0.15) is 23.7 Å². The Balaban J connectivity index is 2.53. The lowest BCUT2D eigenvalue weighted by atomic mass is 10.1. The third-order valence-corrected chi connectivity index (χ3v) is 5.79. The maximum Gasteiger partial charge on any atom is 0.304 e. The number of Topliss-reactive ketones (excluding diaryl/α,β-unsaturated/α-hetero) is 1. The van der Waals surface area contributed by atoms with Gasteiger partial charge in [-0.05, 0) is 6.07 Å². The summed E-state index contributed by atoms with van der Waals surface area (Å²) in [6, 6.07) is 1.26. The predicted octanol–water partition coefficient (Wildman–Crippen LogP) is 2.06. The van der Waals surface area contributed by atoms with Crippen molar-refractivity contribution in [1.29, 1.82) is 0 Å². The monoisotopic (exact) mass is 264 g/mol. The number of thiophene rings is 1. The van der Waals surface area contributed by atoms with Crippen LogP contribution in [0.4, 0.5) is 0 Å². The Morgan fingerprint density at radius 1 is 1.53 bits per heavy atom. The van der Waals surface area contributed by atoms with Crippen LogP contribution in [-0.4, -0.2) is 24.0 Å². The van der Waals surface area contributed by atoms with Gasteiger partial charge in [0.1, 0.15) is 4.21 Å². The van der Waals surface area contributed by atoms with Gasteiger partial charge < -0.3 is 0 Å². The highest BCUT2D eigenvalue weighted by Crippen LogP contribution is 2.41. The van der Waals surface area contributed by atoms with Crippen LogP contribution in [0, 0.1) is 0 Å². The highest BCUT2D eigenvalue weighted by Gasteiger charge is 2.28. The second kappa shape index (κ2) is 3.58. The molecule has 1 N–H and O–H groups in total. The van der Waals surface area contributed by atoms with E-state index in [0.29, 0.717) is 16.2 Å². The SMILES string of the molecule is CC1CC(=O)c2cc(S(=O)(=O)O)sc2S1. The summed E-state index contributed by atoms with van der Waals surface area (Å²) in [6.07, 6.45) is 0.416. The standard InChI is InChI=1S/C8H8O4S3/c1-4-2-6(9)5-3-7(15(10,11)12)14-8(5)13-4/h3-4H,2H2,1H3,(H,10,11,12). The fraction of sp³-hybridized carbons (Fsp3) is 0.375. The summed E-state index contributed by atoms with van der Waals surface area (Å²) in [6.45, 7) is 1.92. The zero-order valence-electron chi connectivity index (χ0n) is 7.76. The summed E-state index contributed by atoms with van der Waals surface area (Å²) in [7, 11) is -4.18. The van der Waals surface area contributed by atoms with Crippen molar-refractivity contribution in [2.45, 2.75) is 27.0 Å². The van der Waals surface area contributed by atoms with Crippen LogP contribution in [0.25, 0.3) is 0 Å². The molecule has 1 unspecified atom stereocenters. The van der Waals surface area contributed by atoms with Crippen molar-refractivity contribution in [3.63, 3.8) is 0 Å². The number of carbonyl (C=O) groups is 1. The van der Waals surface area contributed by atoms with Crippen molar-refractivity contribution in [3.8, 4) is 0 Å². The molecule has 0 amide bonds. The van der Waals surface area contributed by atoms with Crippen LogP contribution >= 0.6 is 23.1 Å². The number of ketones is 1. The number of thioether (sulfide) groups is 1. The molecule has 1 aliphatic rings. The highest BCUT2D eigenvalue weighted by molar-refractivity contribution is 8.02. The first-order valence-electron chi connectivity index (χ1n) is 4.19. The van der Waals surface area contributed by atoms with Gasteiger partial charge in [0.25, 0.3) is 0 Å². The van der Waals surface area contributed by atoms with Crippen molar-refractivity contribution in [1.82, 2.24) is 0 Å². The average molecular weight is 264 g/mol. The lowest BCUT2D eigenvalue weighted by molar-refractivity contribution is 0.0979. The van der Waals surface area contributed by atoms with Gasteiger partial charge >= 0.3 is 10.1 Å². The molecule has 15 heavy (non-hydrogen) atoms. The highest BCUT2D eigenvalue weighted by atomic mass is 32.3. The van der Waals surface area contributed by atoms with E-state index in [-0.39, 0.29) is 15.2 Å². The molecule has 1 aromatic heterocycles. The summed E-state index contributed by atoms with van der Waals surface area (Å²) >= 11 is 2.43.